The molecule has 0 aliphatic heterocycles. The van der Waals surface area contributed by atoms with Crippen molar-refractivity contribution in [2.24, 2.45) is 0 Å². The summed E-state index contributed by atoms with van der Waals surface area (Å²) >= 11 is 0. The second kappa shape index (κ2) is 17.2. The van der Waals surface area contributed by atoms with E-state index in [1.807, 2.05) is 31.2 Å². The van der Waals surface area contributed by atoms with Gasteiger partial charge < -0.3 is 30.8 Å². The number of halogens is 3. The van der Waals surface area contributed by atoms with Crippen LogP contribution in [0.25, 0.3) is 16.7 Å². The number of aryl methyl sites for hydroxylation is 1. The largest absolute Gasteiger partial charge is 0.497 e. The number of ether oxygens (including phenoxy) is 1. The summed E-state index contributed by atoms with van der Waals surface area (Å²) in [6, 6.07) is 32.2. The monoisotopic (exact) mass is 734 g/mol. The van der Waals surface area contributed by atoms with Crippen molar-refractivity contribution >= 4 is 40.9 Å². The van der Waals surface area contributed by atoms with Gasteiger partial charge >= 0.3 is 12.1 Å². The van der Waals surface area contributed by atoms with Crippen molar-refractivity contribution in [2.75, 3.05) is 24.3 Å². The van der Waals surface area contributed by atoms with Gasteiger partial charge in [0.1, 0.15) is 12.3 Å². The number of hydrogen-bond donors (Lipinski definition) is 4. The molecule has 276 valence electrons. The van der Waals surface area contributed by atoms with Gasteiger partial charge in [-0.15, -0.1) is 0 Å². The number of hydrogen-bond acceptors (Lipinski definition) is 6. The number of anilines is 2. The first-order valence-electron chi connectivity index (χ1n) is 16.7. The summed E-state index contributed by atoms with van der Waals surface area (Å²) in [6.45, 7) is 1.43. The molecule has 0 radical (unpaired) electrons. The molecule has 0 spiro atoms. The topological polar surface area (TPSA) is 132 Å². The van der Waals surface area contributed by atoms with Crippen molar-refractivity contribution in [1.29, 1.82) is 5.41 Å². The van der Waals surface area contributed by atoms with Crippen molar-refractivity contribution in [2.45, 2.75) is 26.1 Å². The van der Waals surface area contributed by atoms with Crippen LogP contribution in [0, 0.1) is 12.3 Å². The van der Waals surface area contributed by atoms with Crippen LogP contribution in [0.1, 0.15) is 38.2 Å². The molecular formula is C42H37F3N4O5. The van der Waals surface area contributed by atoms with E-state index in [4.69, 9.17) is 10.1 Å². The normalized spacial score (nSPS) is 11.4. The lowest BCUT2D eigenvalue weighted by molar-refractivity contribution is -0.139. The van der Waals surface area contributed by atoms with Gasteiger partial charge in [-0.25, -0.2) is 0 Å². The number of amides is 2. The number of nitrogens with one attached hydrogen (secondary N) is 3. The van der Waals surface area contributed by atoms with Gasteiger partial charge in [0.05, 0.1) is 19.1 Å². The molecule has 0 heterocycles. The van der Waals surface area contributed by atoms with Crippen LogP contribution >= 0.6 is 0 Å². The van der Waals surface area contributed by atoms with E-state index in [9.17, 15) is 32.7 Å². The van der Waals surface area contributed by atoms with Crippen LogP contribution in [0.15, 0.2) is 121 Å². The summed E-state index contributed by atoms with van der Waals surface area (Å²) in [6.07, 6.45) is -2.31. The van der Waals surface area contributed by atoms with Crippen LogP contribution < -0.4 is 15.4 Å². The average molecular weight is 735 g/mol. The zero-order chi connectivity index (χ0) is 38.8. The Hall–Kier alpha value is -6.69. The van der Waals surface area contributed by atoms with Crippen molar-refractivity contribution < 1.29 is 37.4 Å². The minimum atomic E-state index is -4.69. The molecular weight excluding hydrogens is 697 g/mol. The number of nitrogens with zero attached hydrogens (tertiary/aromatic N) is 1. The fourth-order valence-electron chi connectivity index (χ4n) is 5.62. The number of rotatable bonds is 14. The van der Waals surface area contributed by atoms with Crippen LogP contribution in [0.3, 0.4) is 0 Å². The molecule has 0 atom stereocenters. The van der Waals surface area contributed by atoms with E-state index in [1.165, 1.54) is 55.3 Å². The molecule has 5 aromatic rings. The molecule has 0 fully saturated rings. The molecule has 0 saturated carbocycles. The maximum atomic E-state index is 13.6. The van der Waals surface area contributed by atoms with E-state index in [2.05, 4.69) is 34.9 Å². The van der Waals surface area contributed by atoms with Gasteiger partial charge in [0.2, 0.25) is 5.91 Å². The Labute approximate surface area is 310 Å². The minimum Gasteiger partial charge on any atom is -0.497 e. The number of alkyl halides is 3. The molecule has 0 aliphatic carbocycles. The second-order valence-electron chi connectivity index (χ2n) is 12.4. The van der Waals surface area contributed by atoms with Crippen molar-refractivity contribution in [1.82, 2.24) is 4.90 Å². The Morgan fingerprint density at radius 1 is 0.815 bits per heavy atom. The summed E-state index contributed by atoms with van der Waals surface area (Å²) in [7, 11) is 1.25. The van der Waals surface area contributed by atoms with Gasteiger partial charge in [0.25, 0.3) is 5.91 Å². The molecule has 5 rings (SSSR count). The quantitative estimate of drug-likeness (QED) is 0.0845. The molecule has 9 nitrogen and oxygen atoms in total. The van der Waals surface area contributed by atoms with Crippen LogP contribution in [-0.4, -0.2) is 47.7 Å². The second-order valence-corrected chi connectivity index (χ2v) is 12.4. The first-order chi connectivity index (χ1) is 25.8. The number of aliphatic carboxylic acids is 1. The maximum absolute atomic E-state index is 13.6. The van der Waals surface area contributed by atoms with Crippen LogP contribution in [-0.2, 0) is 28.7 Å². The van der Waals surface area contributed by atoms with Gasteiger partial charge in [-0.05, 0) is 83.3 Å². The number of carboxylic acids is 1. The average Bonchev–Trinajstić information content (AvgIpc) is 3.15. The highest BCUT2D eigenvalue weighted by atomic mass is 19.4. The SMILES string of the molecule is COc1ccc(CC(=O)Nc2ccc(C(=O)N(CC(=O)O)Cc3ccc(/C(C=N)=C/Nc4ccc(-c5ccc(C)cc5)cc4)cc3)cc2)c(C(F)(F)F)c1. The van der Waals surface area contributed by atoms with Gasteiger partial charge in [0, 0.05) is 41.5 Å². The van der Waals surface area contributed by atoms with Crippen molar-refractivity contribution in [3.8, 4) is 16.9 Å². The molecule has 54 heavy (non-hydrogen) atoms. The zero-order valence-electron chi connectivity index (χ0n) is 29.4. The number of carboxylic acid groups (broad SMARTS) is 1. The lowest BCUT2D eigenvalue weighted by Crippen LogP contribution is -2.35. The van der Waals surface area contributed by atoms with Crippen LogP contribution in [0.2, 0.25) is 0 Å². The third kappa shape index (κ3) is 10.2. The Kier molecular flexibility index (Phi) is 12.3. The molecule has 12 heteroatoms. The van der Waals surface area contributed by atoms with E-state index in [0.717, 1.165) is 33.3 Å². The summed E-state index contributed by atoms with van der Waals surface area (Å²) in [5.41, 5.74) is 5.38. The predicted octanol–water partition coefficient (Wildman–Crippen LogP) is 8.70. The molecule has 4 N–H and O–H groups in total. The lowest BCUT2D eigenvalue weighted by Gasteiger charge is -2.21. The third-order valence-corrected chi connectivity index (χ3v) is 8.48. The number of carbonyl (C=O) groups excluding carboxylic acids is 2. The molecule has 0 aliphatic rings. The standard InChI is InChI=1S/C42H37F3N4O5/c1-27-3-7-29(8-4-27)30-11-16-35(17-12-30)47-24-34(23-46)31-9-5-28(6-10-31)25-49(26-40(51)52)41(53)32-13-18-36(19-14-32)48-39(50)21-33-15-20-37(54-2)22-38(33)42(43,44)45/h3-20,22-24,46-47H,21,25-26H2,1-2H3,(H,48,50)(H,51,52)/b34-24+,46-23?. The number of allylic oxidation sites excluding steroid dienone is 1. The van der Waals surface area contributed by atoms with Crippen LogP contribution in [0.5, 0.6) is 5.75 Å². The highest BCUT2D eigenvalue weighted by molar-refractivity contribution is 6.08. The highest BCUT2D eigenvalue weighted by Gasteiger charge is 2.34. The number of benzene rings is 5. The molecule has 0 saturated heterocycles. The van der Waals surface area contributed by atoms with E-state index in [1.54, 1.807) is 30.5 Å². The molecule has 0 unspecified atom stereocenters. The van der Waals surface area contributed by atoms with E-state index in [0.29, 0.717) is 11.1 Å². The smallest absolute Gasteiger partial charge is 0.416 e. The third-order valence-electron chi connectivity index (χ3n) is 8.48. The Balaban J connectivity index is 1.21. The molecule has 5 aromatic carbocycles. The van der Waals surface area contributed by atoms with Gasteiger partial charge in [-0.3, -0.25) is 14.4 Å². The predicted molar refractivity (Wildman–Crippen MR) is 203 cm³/mol. The lowest BCUT2D eigenvalue weighted by atomic mass is 10.0. The fourth-order valence-corrected chi connectivity index (χ4v) is 5.62. The van der Waals surface area contributed by atoms with Gasteiger partial charge in [0.15, 0.2) is 0 Å². The van der Waals surface area contributed by atoms with E-state index < -0.39 is 42.5 Å². The van der Waals surface area contributed by atoms with Crippen molar-refractivity contribution in [3.63, 3.8) is 0 Å². The molecule has 0 bridgehead atoms. The summed E-state index contributed by atoms with van der Waals surface area (Å²) in [5.74, 6) is -2.49. The van der Waals surface area contributed by atoms with Gasteiger partial charge in [-0.2, -0.15) is 13.2 Å². The zero-order valence-corrected chi connectivity index (χ0v) is 29.4. The molecule has 0 aromatic heterocycles. The number of carbonyl (C=O) groups is 3. The van der Waals surface area contributed by atoms with E-state index in [-0.39, 0.29) is 29.1 Å². The highest BCUT2D eigenvalue weighted by Crippen LogP contribution is 2.35. The Bertz CT molecular complexity index is 2150. The van der Waals surface area contributed by atoms with E-state index >= 15 is 0 Å². The van der Waals surface area contributed by atoms with Crippen LogP contribution in [0.4, 0.5) is 24.5 Å². The maximum Gasteiger partial charge on any atom is 0.416 e. The first kappa shape index (κ1) is 38.5. The summed E-state index contributed by atoms with van der Waals surface area (Å²) in [5, 5.41) is 23.2. The first-order valence-corrected chi connectivity index (χ1v) is 16.7. The summed E-state index contributed by atoms with van der Waals surface area (Å²) in [4.78, 5) is 38.9. The van der Waals surface area contributed by atoms with Gasteiger partial charge in [-0.1, -0.05) is 72.3 Å². The fraction of sp³-hybridized carbons (Fsp3) is 0.143. The summed E-state index contributed by atoms with van der Waals surface area (Å²) < 4.78 is 45.6. The van der Waals surface area contributed by atoms with Crippen molar-refractivity contribution in [3.05, 3.63) is 155 Å². The number of methoxy groups -OCH3 is 1. The molecule has 2 amide bonds. The minimum absolute atomic E-state index is 0.00938. The Morgan fingerprint density at radius 3 is 1.98 bits per heavy atom. The Morgan fingerprint density at radius 2 is 1.41 bits per heavy atom.